The SMILES string of the molecule is CC1Oc2ccc(NC(=O)Cc3cccs3)cc2N(Cc2ccccc2)C1=O. The molecule has 0 radical (unpaired) electrons. The second-order valence-electron chi connectivity index (χ2n) is 6.66. The Morgan fingerprint density at radius 3 is 2.71 bits per heavy atom. The summed E-state index contributed by atoms with van der Waals surface area (Å²) in [5.74, 6) is 0.450. The number of nitrogens with one attached hydrogen (secondary N) is 1. The zero-order valence-electron chi connectivity index (χ0n) is 15.4. The molecule has 5 nitrogen and oxygen atoms in total. The summed E-state index contributed by atoms with van der Waals surface area (Å²) < 4.78 is 5.75. The molecule has 0 aliphatic carbocycles. The van der Waals surface area contributed by atoms with Crippen LogP contribution in [0.2, 0.25) is 0 Å². The van der Waals surface area contributed by atoms with E-state index in [-0.39, 0.29) is 11.8 Å². The summed E-state index contributed by atoms with van der Waals surface area (Å²) in [5, 5.41) is 4.87. The van der Waals surface area contributed by atoms with E-state index in [2.05, 4.69) is 5.32 Å². The molecule has 4 rings (SSSR count). The van der Waals surface area contributed by atoms with Crippen LogP contribution in [0, 0.1) is 0 Å². The molecule has 0 saturated carbocycles. The lowest BCUT2D eigenvalue weighted by molar-refractivity contribution is -0.125. The summed E-state index contributed by atoms with van der Waals surface area (Å²) in [6, 6.07) is 19.1. The van der Waals surface area contributed by atoms with Crippen molar-refractivity contribution in [3.8, 4) is 5.75 Å². The maximum absolute atomic E-state index is 12.8. The van der Waals surface area contributed by atoms with Gasteiger partial charge in [-0.3, -0.25) is 9.59 Å². The minimum atomic E-state index is -0.546. The van der Waals surface area contributed by atoms with Crippen LogP contribution in [0.25, 0.3) is 0 Å². The van der Waals surface area contributed by atoms with Crippen molar-refractivity contribution in [3.63, 3.8) is 0 Å². The van der Waals surface area contributed by atoms with Crippen molar-refractivity contribution in [2.24, 2.45) is 0 Å². The quantitative estimate of drug-likeness (QED) is 0.706. The maximum Gasteiger partial charge on any atom is 0.268 e. The van der Waals surface area contributed by atoms with E-state index >= 15 is 0 Å². The van der Waals surface area contributed by atoms with Gasteiger partial charge in [0.2, 0.25) is 5.91 Å². The molecule has 28 heavy (non-hydrogen) atoms. The molecular weight excluding hydrogens is 372 g/mol. The molecule has 0 fully saturated rings. The van der Waals surface area contributed by atoms with Crippen LogP contribution < -0.4 is 15.0 Å². The van der Waals surface area contributed by atoms with Gasteiger partial charge in [-0.25, -0.2) is 0 Å². The molecule has 3 aromatic rings. The fraction of sp³-hybridized carbons (Fsp3) is 0.182. The smallest absolute Gasteiger partial charge is 0.268 e. The summed E-state index contributed by atoms with van der Waals surface area (Å²) in [5.41, 5.74) is 2.34. The van der Waals surface area contributed by atoms with Crippen molar-refractivity contribution in [1.29, 1.82) is 0 Å². The number of hydrogen-bond acceptors (Lipinski definition) is 4. The molecule has 1 N–H and O–H groups in total. The monoisotopic (exact) mass is 392 g/mol. The molecule has 2 heterocycles. The molecule has 0 spiro atoms. The van der Waals surface area contributed by atoms with Crippen LogP contribution in [0.15, 0.2) is 66.0 Å². The van der Waals surface area contributed by atoms with Gasteiger partial charge in [0, 0.05) is 10.6 Å². The molecule has 2 amide bonds. The van der Waals surface area contributed by atoms with E-state index in [1.165, 1.54) is 0 Å². The van der Waals surface area contributed by atoms with E-state index in [0.29, 0.717) is 30.1 Å². The van der Waals surface area contributed by atoms with E-state index in [1.807, 2.05) is 47.8 Å². The van der Waals surface area contributed by atoms with Crippen molar-refractivity contribution < 1.29 is 14.3 Å². The molecule has 1 atom stereocenters. The largest absolute Gasteiger partial charge is 0.479 e. The number of thiophene rings is 1. The first-order valence-electron chi connectivity index (χ1n) is 9.08. The van der Waals surface area contributed by atoms with Crippen molar-refractivity contribution in [2.45, 2.75) is 26.0 Å². The Balaban J connectivity index is 1.58. The van der Waals surface area contributed by atoms with Crippen LogP contribution in [0.3, 0.4) is 0 Å². The van der Waals surface area contributed by atoms with Gasteiger partial charge in [0.05, 0.1) is 18.7 Å². The Labute approximate surface area is 167 Å². The first-order chi connectivity index (χ1) is 13.6. The Bertz CT molecular complexity index is 986. The van der Waals surface area contributed by atoms with Gasteiger partial charge in [-0.05, 0) is 42.1 Å². The maximum atomic E-state index is 12.8. The molecule has 0 bridgehead atoms. The number of hydrogen-bond donors (Lipinski definition) is 1. The first kappa shape index (κ1) is 18.3. The number of anilines is 2. The highest BCUT2D eigenvalue weighted by Crippen LogP contribution is 2.37. The number of fused-ring (bicyclic) bond motifs is 1. The minimum Gasteiger partial charge on any atom is -0.479 e. The van der Waals surface area contributed by atoms with Gasteiger partial charge in [0.15, 0.2) is 6.10 Å². The number of carbonyl (C=O) groups is 2. The third-order valence-corrected chi connectivity index (χ3v) is 5.43. The van der Waals surface area contributed by atoms with Crippen LogP contribution in [0.1, 0.15) is 17.4 Å². The Morgan fingerprint density at radius 1 is 1.14 bits per heavy atom. The summed E-state index contributed by atoms with van der Waals surface area (Å²) in [7, 11) is 0. The number of amides is 2. The lowest BCUT2D eigenvalue weighted by atomic mass is 10.1. The van der Waals surface area contributed by atoms with Gasteiger partial charge >= 0.3 is 0 Å². The van der Waals surface area contributed by atoms with Gasteiger partial charge in [-0.1, -0.05) is 36.4 Å². The standard InChI is InChI=1S/C22H20N2O3S/c1-15-22(26)24(14-16-6-3-2-4-7-16)19-12-17(9-10-20(19)27-15)23-21(25)13-18-8-5-11-28-18/h2-12,15H,13-14H2,1H3,(H,23,25). The van der Waals surface area contributed by atoms with Gasteiger partial charge in [-0.15, -0.1) is 11.3 Å². The lowest BCUT2D eigenvalue weighted by Crippen LogP contribution is -2.44. The highest BCUT2D eigenvalue weighted by atomic mass is 32.1. The summed E-state index contributed by atoms with van der Waals surface area (Å²) in [6.45, 7) is 2.20. The number of nitrogens with zero attached hydrogens (tertiary/aromatic N) is 1. The normalized spacial score (nSPS) is 15.7. The van der Waals surface area contributed by atoms with Gasteiger partial charge in [0.25, 0.3) is 5.91 Å². The molecule has 1 unspecified atom stereocenters. The molecule has 1 aromatic heterocycles. The average Bonchev–Trinajstić information content (AvgIpc) is 3.19. The van der Waals surface area contributed by atoms with Gasteiger partial charge in [-0.2, -0.15) is 0 Å². The number of rotatable bonds is 5. The summed E-state index contributed by atoms with van der Waals surface area (Å²) in [6.07, 6.45) is -0.218. The van der Waals surface area contributed by atoms with E-state index in [0.717, 1.165) is 10.4 Å². The Hall–Kier alpha value is -3.12. The molecular formula is C22H20N2O3S. The molecule has 6 heteroatoms. The fourth-order valence-corrected chi connectivity index (χ4v) is 3.89. The molecule has 1 aliphatic heterocycles. The van der Waals surface area contributed by atoms with E-state index < -0.39 is 6.10 Å². The molecule has 142 valence electrons. The zero-order valence-corrected chi connectivity index (χ0v) is 16.2. The average molecular weight is 392 g/mol. The topological polar surface area (TPSA) is 58.6 Å². The van der Waals surface area contributed by atoms with Crippen molar-refractivity contribution in [2.75, 3.05) is 10.2 Å². The van der Waals surface area contributed by atoms with Crippen molar-refractivity contribution in [1.82, 2.24) is 0 Å². The second kappa shape index (κ2) is 7.86. The van der Waals surface area contributed by atoms with Gasteiger partial charge < -0.3 is 15.0 Å². The summed E-state index contributed by atoms with van der Waals surface area (Å²) in [4.78, 5) is 27.8. The predicted molar refractivity (Wildman–Crippen MR) is 111 cm³/mol. The van der Waals surface area contributed by atoms with E-state index in [9.17, 15) is 9.59 Å². The lowest BCUT2D eigenvalue weighted by Gasteiger charge is -2.33. The highest BCUT2D eigenvalue weighted by Gasteiger charge is 2.31. The number of ether oxygens (including phenoxy) is 1. The van der Waals surface area contributed by atoms with Crippen LogP contribution in [-0.4, -0.2) is 17.9 Å². The molecule has 2 aromatic carbocycles. The predicted octanol–water partition coefficient (Wildman–Crippen LogP) is 4.24. The summed E-state index contributed by atoms with van der Waals surface area (Å²) >= 11 is 1.55. The number of benzene rings is 2. The third kappa shape index (κ3) is 3.92. The van der Waals surface area contributed by atoms with E-state index in [4.69, 9.17) is 4.74 Å². The van der Waals surface area contributed by atoms with Crippen LogP contribution >= 0.6 is 11.3 Å². The first-order valence-corrected chi connectivity index (χ1v) is 9.96. The Morgan fingerprint density at radius 2 is 1.96 bits per heavy atom. The van der Waals surface area contributed by atoms with Crippen LogP contribution in [0.4, 0.5) is 11.4 Å². The zero-order chi connectivity index (χ0) is 19.5. The third-order valence-electron chi connectivity index (χ3n) is 4.55. The van der Waals surface area contributed by atoms with Crippen LogP contribution in [-0.2, 0) is 22.6 Å². The second-order valence-corrected chi connectivity index (χ2v) is 7.69. The Kier molecular flexibility index (Phi) is 5.12. The fourth-order valence-electron chi connectivity index (χ4n) is 3.19. The number of carbonyl (C=O) groups excluding carboxylic acids is 2. The molecule has 0 saturated heterocycles. The minimum absolute atomic E-state index is 0.0894. The van der Waals surface area contributed by atoms with Crippen LogP contribution in [0.5, 0.6) is 5.75 Å². The van der Waals surface area contributed by atoms with Crippen molar-refractivity contribution >= 4 is 34.5 Å². The highest BCUT2D eigenvalue weighted by molar-refractivity contribution is 7.10. The molecule has 1 aliphatic rings. The van der Waals surface area contributed by atoms with Crippen molar-refractivity contribution in [3.05, 3.63) is 76.5 Å². The van der Waals surface area contributed by atoms with E-state index in [1.54, 1.807) is 41.4 Å². The van der Waals surface area contributed by atoms with Gasteiger partial charge in [0.1, 0.15) is 5.75 Å².